The summed E-state index contributed by atoms with van der Waals surface area (Å²) >= 11 is 0. The van der Waals surface area contributed by atoms with Gasteiger partial charge in [-0.2, -0.15) is 0 Å². The summed E-state index contributed by atoms with van der Waals surface area (Å²) in [5, 5.41) is 6.93. The number of nitrogens with one attached hydrogen (secondary N) is 2. The number of piperidine rings is 1. The van der Waals surface area contributed by atoms with Crippen molar-refractivity contribution in [2.45, 2.75) is 64.7 Å². The summed E-state index contributed by atoms with van der Waals surface area (Å²) in [5.74, 6) is 2.73. The second-order valence-corrected chi connectivity index (χ2v) is 7.56. The highest BCUT2D eigenvalue weighted by Gasteiger charge is 2.17. The zero-order valence-electron chi connectivity index (χ0n) is 15.4. The molecule has 1 aliphatic carbocycles. The fraction of sp³-hybridized carbons (Fsp3) is 0.947. The standard InChI is InChI=1S/C19H38N4/c1-3-20-19(22-15-18-12-8-14-23(2)16-18)21-13-7-11-17-9-5-4-6-10-17/h17-18H,3-16H2,1-2H3,(H2,20,21,22). The van der Waals surface area contributed by atoms with Gasteiger partial charge in [0, 0.05) is 26.2 Å². The predicted octanol–water partition coefficient (Wildman–Crippen LogP) is 3.24. The van der Waals surface area contributed by atoms with Crippen LogP contribution in [0.2, 0.25) is 0 Å². The van der Waals surface area contributed by atoms with Crippen LogP contribution in [-0.4, -0.2) is 50.6 Å². The first kappa shape index (κ1) is 18.6. The van der Waals surface area contributed by atoms with E-state index in [1.54, 1.807) is 0 Å². The molecule has 0 radical (unpaired) electrons. The van der Waals surface area contributed by atoms with Crippen LogP contribution in [0.1, 0.15) is 64.7 Å². The van der Waals surface area contributed by atoms with E-state index in [9.17, 15) is 0 Å². The van der Waals surface area contributed by atoms with Gasteiger partial charge in [-0.15, -0.1) is 0 Å². The lowest BCUT2D eigenvalue weighted by Crippen LogP contribution is -2.39. The second kappa shape index (κ2) is 10.9. The first-order chi connectivity index (χ1) is 11.3. The Labute approximate surface area is 143 Å². The molecule has 0 aromatic heterocycles. The molecule has 2 N–H and O–H groups in total. The molecule has 2 fully saturated rings. The average molecular weight is 323 g/mol. The molecule has 1 aliphatic heterocycles. The maximum Gasteiger partial charge on any atom is 0.191 e. The topological polar surface area (TPSA) is 39.7 Å². The van der Waals surface area contributed by atoms with E-state index in [4.69, 9.17) is 4.99 Å². The number of rotatable bonds is 7. The highest BCUT2D eigenvalue weighted by molar-refractivity contribution is 5.79. The molecule has 0 aromatic carbocycles. The molecule has 1 heterocycles. The van der Waals surface area contributed by atoms with Crippen molar-refractivity contribution >= 4 is 5.96 Å². The van der Waals surface area contributed by atoms with E-state index >= 15 is 0 Å². The van der Waals surface area contributed by atoms with Crippen LogP contribution in [-0.2, 0) is 0 Å². The van der Waals surface area contributed by atoms with Crippen LogP contribution in [0.4, 0.5) is 0 Å². The van der Waals surface area contributed by atoms with Gasteiger partial charge in [0.25, 0.3) is 0 Å². The Kier molecular flexibility index (Phi) is 8.80. The molecule has 4 heteroatoms. The molecule has 0 bridgehead atoms. The number of guanidine groups is 1. The zero-order chi connectivity index (χ0) is 16.3. The van der Waals surface area contributed by atoms with E-state index in [0.717, 1.165) is 37.4 Å². The van der Waals surface area contributed by atoms with Crippen molar-refractivity contribution in [2.75, 3.05) is 39.8 Å². The van der Waals surface area contributed by atoms with E-state index in [0.29, 0.717) is 0 Å². The number of hydrogen-bond acceptors (Lipinski definition) is 2. The molecule has 0 aromatic rings. The van der Waals surface area contributed by atoms with Crippen molar-refractivity contribution < 1.29 is 0 Å². The summed E-state index contributed by atoms with van der Waals surface area (Å²) < 4.78 is 0. The highest BCUT2D eigenvalue weighted by atomic mass is 15.2. The van der Waals surface area contributed by atoms with E-state index in [1.165, 1.54) is 70.9 Å². The van der Waals surface area contributed by atoms with Gasteiger partial charge in [0.2, 0.25) is 0 Å². The smallest absolute Gasteiger partial charge is 0.191 e. The molecule has 2 rings (SSSR count). The minimum atomic E-state index is 0.728. The molecule has 4 nitrogen and oxygen atoms in total. The lowest BCUT2D eigenvalue weighted by Gasteiger charge is -2.28. The van der Waals surface area contributed by atoms with Crippen molar-refractivity contribution in [3.05, 3.63) is 0 Å². The third kappa shape index (κ3) is 7.56. The Morgan fingerprint density at radius 3 is 2.57 bits per heavy atom. The average Bonchev–Trinajstić information content (AvgIpc) is 2.57. The fourth-order valence-electron chi connectivity index (χ4n) is 4.06. The summed E-state index contributed by atoms with van der Waals surface area (Å²) in [6.07, 6.45) is 12.6. The van der Waals surface area contributed by atoms with Crippen molar-refractivity contribution in [2.24, 2.45) is 16.8 Å². The van der Waals surface area contributed by atoms with Gasteiger partial charge in [0.05, 0.1) is 0 Å². The van der Waals surface area contributed by atoms with Gasteiger partial charge < -0.3 is 15.5 Å². The molecule has 0 spiro atoms. The predicted molar refractivity (Wildman–Crippen MR) is 100 cm³/mol. The molecule has 1 saturated carbocycles. The second-order valence-electron chi connectivity index (χ2n) is 7.56. The third-order valence-corrected chi connectivity index (χ3v) is 5.38. The normalized spacial score (nSPS) is 24.6. The SMILES string of the molecule is CCNC(=NCC1CCCN(C)C1)NCCCC1CCCCC1. The molecular formula is C19H38N4. The Bertz CT molecular complexity index is 336. The monoisotopic (exact) mass is 322 g/mol. The van der Waals surface area contributed by atoms with Crippen LogP contribution in [0.3, 0.4) is 0 Å². The first-order valence-electron chi connectivity index (χ1n) is 9.98. The Morgan fingerprint density at radius 1 is 1.04 bits per heavy atom. The van der Waals surface area contributed by atoms with Gasteiger partial charge in [0.15, 0.2) is 5.96 Å². The van der Waals surface area contributed by atoms with E-state index in [2.05, 4.69) is 29.5 Å². The summed E-state index contributed by atoms with van der Waals surface area (Å²) in [6, 6.07) is 0. The minimum Gasteiger partial charge on any atom is -0.357 e. The van der Waals surface area contributed by atoms with Crippen LogP contribution in [0.5, 0.6) is 0 Å². The molecule has 1 atom stereocenters. The molecule has 1 unspecified atom stereocenters. The maximum atomic E-state index is 4.82. The van der Waals surface area contributed by atoms with E-state index < -0.39 is 0 Å². The molecule has 23 heavy (non-hydrogen) atoms. The van der Waals surface area contributed by atoms with Gasteiger partial charge >= 0.3 is 0 Å². The molecule has 134 valence electrons. The van der Waals surface area contributed by atoms with Crippen LogP contribution in [0, 0.1) is 11.8 Å². The Balaban J connectivity index is 1.64. The van der Waals surface area contributed by atoms with Crippen LogP contribution in [0.25, 0.3) is 0 Å². The number of aliphatic imine (C=N–C) groups is 1. The van der Waals surface area contributed by atoms with Crippen LogP contribution < -0.4 is 10.6 Å². The van der Waals surface area contributed by atoms with Crippen molar-refractivity contribution in [1.29, 1.82) is 0 Å². The van der Waals surface area contributed by atoms with Crippen molar-refractivity contribution in [3.63, 3.8) is 0 Å². The largest absolute Gasteiger partial charge is 0.357 e. The summed E-state index contributed by atoms with van der Waals surface area (Å²) in [5.41, 5.74) is 0. The lowest BCUT2D eigenvalue weighted by atomic mass is 9.86. The quantitative estimate of drug-likeness (QED) is 0.429. The third-order valence-electron chi connectivity index (χ3n) is 5.38. The lowest BCUT2D eigenvalue weighted by molar-refractivity contribution is 0.214. The van der Waals surface area contributed by atoms with Gasteiger partial charge in [-0.25, -0.2) is 0 Å². The van der Waals surface area contributed by atoms with Crippen LogP contribution in [0.15, 0.2) is 4.99 Å². The minimum absolute atomic E-state index is 0.728. The first-order valence-corrected chi connectivity index (χ1v) is 9.98. The number of likely N-dealkylation sites (tertiary alicyclic amines) is 1. The Hall–Kier alpha value is -0.770. The van der Waals surface area contributed by atoms with E-state index in [-0.39, 0.29) is 0 Å². The zero-order valence-corrected chi connectivity index (χ0v) is 15.4. The number of nitrogens with zero attached hydrogens (tertiary/aromatic N) is 2. The van der Waals surface area contributed by atoms with Gasteiger partial charge in [-0.3, -0.25) is 4.99 Å². The fourth-order valence-corrected chi connectivity index (χ4v) is 4.06. The Morgan fingerprint density at radius 2 is 1.83 bits per heavy atom. The molecule has 2 aliphatic rings. The maximum absolute atomic E-state index is 4.82. The molecular weight excluding hydrogens is 284 g/mol. The van der Waals surface area contributed by atoms with Gasteiger partial charge in [-0.05, 0) is 58.0 Å². The van der Waals surface area contributed by atoms with Gasteiger partial charge in [-0.1, -0.05) is 32.1 Å². The van der Waals surface area contributed by atoms with Crippen molar-refractivity contribution in [1.82, 2.24) is 15.5 Å². The summed E-state index contributed by atoms with van der Waals surface area (Å²) in [7, 11) is 2.23. The van der Waals surface area contributed by atoms with Gasteiger partial charge in [0.1, 0.15) is 0 Å². The highest BCUT2D eigenvalue weighted by Crippen LogP contribution is 2.26. The van der Waals surface area contributed by atoms with Crippen molar-refractivity contribution in [3.8, 4) is 0 Å². The molecule has 0 amide bonds. The summed E-state index contributed by atoms with van der Waals surface area (Å²) in [4.78, 5) is 7.26. The molecule has 1 saturated heterocycles. The van der Waals surface area contributed by atoms with Crippen LogP contribution >= 0.6 is 0 Å². The van der Waals surface area contributed by atoms with E-state index in [1.807, 2.05) is 0 Å². The summed E-state index contributed by atoms with van der Waals surface area (Å²) in [6.45, 7) is 7.56. The number of hydrogen-bond donors (Lipinski definition) is 2.